The van der Waals surface area contributed by atoms with Crippen molar-refractivity contribution in [1.29, 1.82) is 0 Å². The van der Waals surface area contributed by atoms with Crippen LogP contribution in [-0.4, -0.2) is 5.11 Å². The van der Waals surface area contributed by atoms with E-state index in [9.17, 15) is 13.9 Å². The van der Waals surface area contributed by atoms with Gasteiger partial charge in [0.15, 0.2) is 0 Å². The van der Waals surface area contributed by atoms with Gasteiger partial charge in [-0.2, -0.15) is 0 Å². The van der Waals surface area contributed by atoms with Crippen molar-refractivity contribution < 1.29 is 13.9 Å². The van der Waals surface area contributed by atoms with E-state index in [0.717, 1.165) is 6.07 Å². The summed E-state index contributed by atoms with van der Waals surface area (Å²) in [7, 11) is 0. The van der Waals surface area contributed by atoms with E-state index in [1.54, 1.807) is 13.0 Å². The number of aryl methyl sites for hydroxylation is 1. The van der Waals surface area contributed by atoms with E-state index in [0.29, 0.717) is 11.1 Å². The van der Waals surface area contributed by atoms with Gasteiger partial charge >= 0.3 is 0 Å². The molecule has 2 rings (SSSR count). The summed E-state index contributed by atoms with van der Waals surface area (Å²) in [6, 6.07) is 8.41. The summed E-state index contributed by atoms with van der Waals surface area (Å²) in [6.45, 7) is 1.56. The monoisotopic (exact) mass is 268 g/mol. The summed E-state index contributed by atoms with van der Waals surface area (Å²) in [5.74, 6) is -0.979. The highest BCUT2D eigenvalue weighted by molar-refractivity contribution is 6.31. The third kappa shape index (κ3) is 2.37. The van der Waals surface area contributed by atoms with Gasteiger partial charge in [-0.3, -0.25) is 0 Å². The highest BCUT2D eigenvalue weighted by atomic mass is 35.5. The fraction of sp³-hybridized carbons (Fsp3) is 0.143. The van der Waals surface area contributed by atoms with Crippen molar-refractivity contribution >= 4 is 11.6 Å². The maximum Gasteiger partial charge on any atom is 0.129 e. The Hall–Kier alpha value is -1.45. The third-order valence-corrected chi connectivity index (χ3v) is 3.10. The lowest BCUT2D eigenvalue weighted by molar-refractivity contribution is 0.215. The van der Waals surface area contributed by atoms with Gasteiger partial charge in [0.1, 0.15) is 17.7 Å². The predicted octanol–water partition coefficient (Wildman–Crippen LogP) is 4.01. The third-order valence-electron chi connectivity index (χ3n) is 2.77. The van der Waals surface area contributed by atoms with Crippen molar-refractivity contribution in [2.45, 2.75) is 13.0 Å². The standard InChI is InChI=1S/C14H11ClF2O/c1-8-6-10(11(15)7-13(8)17)14(18)9-4-2-3-5-12(9)16/h2-7,14,18H,1H3. The highest BCUT2D eigenvalue weighted by Crippen LogP contribution is 2.31. The van der Waals surface area contributed by atoms with Crippen LogP contribution in [0.1, 0.15) is 22.8 Å². The zero-order valence-corrected chi connectivity index (χ0v) is 10.4. The first-order valence-electron chi connectivity index (χ1n) is 5.38. The molecule has 18 heavy (non-hydrogen) atoms. The van der Waals surface area contributed by atoms with Crippen molar-refractivity contribution in [3.63, 3.8) is 0 Å². The summed E-state index contributed by atoms with van der Waals surface area (Å²) in [4.78, 5) is 0. The maximum atomic E-state index is 13.6. The SMILES string of the molecule is Cc1cc(C(O)c2ccccc2F)c(Cl)cc1F. The van der Waals surface area contributed by atoms with Gasteiger partial charge < -0.3 is 5.11 Å². The van der Waals surface area contributed by atoms with Crippen LogP contribution in [0.15, 0.2) is 36.4 Å². The first kappa shape index (κ1) is 13.0. The van der Waals surface area contributed by atoms with Gasteiger partial charge in [-0.25, -0.2) is 8.78 Å². The van der Waals surface area contributed by atoms with Gasteiger partial charge in [0.2, 0.25) is 0 Å². The van der Waals surface area contributed by atoms with Crippen LogP contribution < -0.4 is 0 Å². The van der Waals surface area contributed by atoms with Crippen LogP contribution in [0.3, 0.4) is 0 Å². The van der Waals surface area contributed by atoms with Crippen molar-refractivity contribution in [2.75, 3.05) is 0 Å². The van der Waals surface area contributed by atoms with Gasteiger partial charge in [0.25, 0.3) is 0 Å². The number of rotatable bonds is 2. The average Bonchev–Trinajstić information content (AvgIpc) is 2.33. The van der Waals surface area contributed by atoms with Gasteiger partial charge in [0.05, 0.1) is 0 Å². The lowest BCUT2D eigenvalue weighted by atomic mass is 9.99. The Morgan fingerprint density at radius 1 is 1.06 bits per heavy atom. The average molecular weight is 269 g/mol. The Bertz CT molecular complexity index is 584. The molecule has 2 aromatic rings. The van der Waals surface area contributed by atoms with Crippen molar-refractivity contribution in [3.05, 3.63) is 69.7 Å². The Kier molecular flexibility index (Phi) is 3.64. The van der Waals surface area contributed by atoms with Crippen LogP contribution in [0.2, 0.25) is 5.02 Å². The zero-order chi connectivity index (χ0) is 13.3. The predicted molar refractivity (Wildman–Crippen MR) is 66.6 cm³/mol. The second kappa shape index (κ2) is 5.04. The molecule has 1 N–H and O–H groups in total. The molecule has 0 saturated carbocycles. The molecule has 0 fully saturated rings. The number of benzene rings is 2. The molecule has 0 spiro atoms. The second-order valence-electron chi connectivity index (χ2n) is 4.05. The normalized spacial score (nSPS) is 12.5. The van der Waals surface area contributed by atoms with Crippen LogP contribution in [0.25, 0.3) is 0 Å². The molecule has 2 aromatic carbocycles. The van der Waals surface area contributed by atoms with Gasteiger partial charge in [0, 0.05) is 16.1 Å². The molecule has 1 unspecified atom stereocenters. The summed E-state index contributed by atoms with van der Waals surface area (Å²) in [5, 5.41) is 10.2. The summed E-state index contributed by atoms with van der Waals surface area (Å²) >= 11 is 5.88. The summed E-state index contributed by atoms with van der Waals surface area (Å²) < 4.78 is 26.8. The minimum Gasteiger partial charge on any atom is -0.383 e. The van der Waals surface area contributed by atoms with E-state index >= 15 is 0 Å². The molecule has 0 saturated heterocycles. The number of halogens is 3. The quantitative estimate of drug-likeness (QED) is 0.873. The lowest BCUT2D eigenvalue weighted by Crippen LogP contribution is -2.04. The van der Waals surface area contributed by atoms with Gasteiger partial charge in [-0.15, -0.1) is 0 Å². The molecule has 0 amide bonds. The van der Waals surface area contributed by atoms with Crippen LogP contribution in [-0.2, 0) is 0 Å². The molecule has 0 heterocycles. The van der Waals surface area contributed by atoms with Crippen molar-refractivity contribution in [2.24, 2.45) is 0 Å². The van der Waals surface area contributed by atoms with E-state index < -0.39 is 17.7 Å². The van der Waals surface area contributed by atoms with E-state index in [4.69, 9.17) is 11.6 Å². The molecular weight excluding hydrogens is 258 g/mol. The fourth-order valence-electron chi connectivity index (χ4n) is 1.75. The van der Waals surface area contributed by atoms with Crippen LogP contribution in [0.4, 0.5) is 8.78 Å². The number of aliphatic hydroxyl groups excluding tert-OH is 1. The maximum absolute atomic E-state index is 13.6. The van der Waals surface area contributed by atoms with Crippen LogP contribution in [0, 0.1) is 18.6 Å². The molecular formula is C14H11ClF2O. The second-order valence-corrected chi connectivity index (χ2v) is 4.45. The molecule has 0 aromatic heterocycles. The van der Waals surface area contributed by atoms with Crippen LogP contribution in [0.5, 0.6) is 0 Å². The Labute approximate surface area is 109 Å². The van der Waals surface area contributed by atoms with E-state index in [1.807, 2.05) is 0 Å². The first-order valence-corrected chi connectivity index (χ1v) is 5.76. The highest BCUT2D eigenvalue weighted by Gasteiger charge is 2.18. The molecule has 4 heteroatoms. The van der Waals surface area contributed by atoms with Gasteiger partial charge in [-0.05, 0) is 30.7 Å². The summed E-state index contributed by atoms with van der Waals surface area (Å²) in [6.07, 6.45) is -1.21. The molecule has 0 aliphatic carbocycles. The topological polar surface area (TPSA) is 20.2 Å². The first-order chi connectivity index (χ1) is 8.50. The van der Waals surface area contributed by atoms with Crippen LogP contribution >= 0.6 is 11.6 Å². The number of hydrogen-bond donors (Lipinski definition) is 1. The Morgan fingerprint density at radius 3 is 2.39 bits per heavy atom. The number of hydrogen-bond acceptors (Lipinski definition) is 1. The lowest BCUT2D eigenvalue weighted by Gasteiger charge is -2.15. The molecule has 0 aliphatic heterocycles. The van der Waals surface area contributed by atoms with Crippen molar-refractivity contribution in [3.8, 4) is 0 Å². The molecule has 0 aliphatic rings. The Balaban J connectivity index is 2.50. The minimum atomic E-state index is -1.21. The van der Waals surface area contributed by atoms with E-state index in [1.165, 1.54) is 24.3 Å². The molecule has 0 radical (unpaired) electrons. The molecule has 1 nitrogen and oxygen atoms in total. The van der Waals surface area contributed by atoms with E-state index in [2.05, 4.69) is 0 Å². The van der Waals surface area contributed by atoms with Gasteiger partial charge in [-0.1, -0.05) is 29.8 Å². The summed E-state index contributed by atoms with van der Waals surface area (Å²) in [5.41, 5.74) is 0.760. The van der Waals surface area contributed by atoms with E-state index in [-0.39, 0.29) is 10.6 Å². The smallest absolute Gasteiger partial charge is 0.129 e. The minimum absolute atomic E-state index is 0.0776. The van der Waals surface area contributed by atoms with Crippen molar-refractivity contribution in [1.82, 2.24) is 0 Å². The Morgan fingerprint density at radius 2 is 1.72 bits per heavy atom. The molecule has 0 bridgehead atoms. The zero-order valence-electron chi connectivity index (χ0n) is 9.62. The fourth-order valence-corrected chi connectivity index (χ4v) is 2.01. The number of aliphatic hydroxyl groups is 1. The molecule has 1 atom stereocenters. The molecule has 94 valence electrons. The largest absolute Gasteiger partial charge is 0.383 e.